The summed E-state index contributed by atoms with van der Waals surface area (Å²) in [7, 11) is 2.54. The van der Waals surface area contributed by atoms with Gasteiger partial charge in [-0.2, -0.15) is 0 Å². The van der Waals surface area contributed by atoms with E-state index in [0.717, 1.165) is 12.7 Å². The summed E-state index contributed by atoms with van der Waals surface area (Å²) in [5, 5.41) is 29.2. The average molecular weight is 338 g/mol. The van der Waals surface area contributed by atoms with Crippen molar-refractivity contribution in [3.63, 3.8) is 0 Å². The molecule has 0 unspecified atom stereocenters. The van der Waals surface area contributed by atoms with Gasteiger partial charge in [-0.15, -0.1) is 0 Å². The molecule has 7 nitrogen and oxygen atoms in total. The molecule has 0 amide bonds. The Kier molecular flexibility index (Phi) is 6.64. The molecule has 0 saturated heterocycles. The van der Waals surface area contributed by atoms with Crippen molar-refractivity contribution in [2.45, 2.75) is 33.1 Å². The molecule has 132 valence electrons. The van der Waals surface area contributed by atoms with Crippen LogP contribution in [-0.2, 0) is 16.0 Å². The van der Waals surface area contributed by atoms with Gasteiger partial charge in [0.25, 0.3) is 0 Å². The number of carbonyl (C=O) groups excluding carboxylic acids is 1. The predicted octanol–water partition coefficient (Wildman–Crippen LogP) is 2.56. The summed E-state index contributed by atoms with van der Waals surface area (Å²) in [6, 6.07) is 0. The first-order chi connectivity index (χ1) is 11.2. The van der Waals surface area contributed by atoms with Crippen molar-refractivity contribution in [3.8, 4) is 17.2 Å². The summed E-state index contributed by atoms with van der Waals surface area (Å²) < 4.78 is 9.83. The van der Waals surface area contributed by atoms with Crippen LogP contribution in [-0.4, -0.2) is 41.5 Å². The first-order valence-electron chi connectivity index (χ1n) is 7.31. The molecule has 0 saturated carbocycles. The Morgan fingerprint density at radius 2 is 1.75 bits per heavy atom. The first-order valence-corrected chi connectivity index (χ1v) is 7.31. The number of hydrogen-bond acceptors (Lipinski definition) is 6. The molecule has 1 aromatic carbocycles. The number of phenols is 2. The maximum Gasteiger partial charge on any atom is 0.345 e. The van der Waals surface area contributed by atoms with Gasteiger partial charge in [-0.25, -0.2) is 4.79 Å². The van der Waals surface area contributed by atoms with Gasteiger partial charge in [0.1, 0.15) is 22.8 Å². The fourth-order valence-corrected chi connectivity index (χ4v) is 2.34. The SMILES string of the molecule is COC(=O)c1c(O)c(C)c(OC)c(C/C=C(\C)CCC(=O)O)c1O. The minimum absolute atomic E-state index is 0.00741. The Hall–Kier alpha value is -2.70. The molecule has 24 heavy (non-hydrogen) atoms. The third-order valence-corrected chi connectivity index (χ3v) is 3.71. The van der Waals surface area contributed by atoms with Crippen LogP contribution < -0.4 is 4.74 Å². The topological polar surface area (TPSA) is 113 Å². The number of methoxy groups -OCH3 is 2. The van der Waals surface area contributed by atoms with Gasteiger partial charge >= 0.3 is 11.9 Å². The number of phenolic OH excluding ortho intramolecular Hbond substituents is 2. The number of carbonyl (C=O) groups is 2. The van der Waals surface area contributed by atoms with E-state index < -0.39 is 23.4 Å². The van der Waals surface area contributed by atoms with E-state index in [4.69, 9.17) is 9.84 Å². The standard InChI is InChI=1S/C17H22O7/c1-9(6-8-12(18)19)5-7-11-15(21)13(17(22)24-4)14(20)10(2)16(11)23-3/h5,20-21H,6-8H2,1-4H3,(H,18,19)/b9-5+. The molecule has 0 aromatic heterocycles. The highest BCUT2D eigenvalue weighted by atomic mass is 16.5. The van der Waals surface area contributed by atoms with Crippen LogP contribution in [0, 0.1) is 6.92 Å². The summed E-state index contributed by atoms with van der Waals surface area (Å²) in [5.74, 6) is -2.30. The van der Waals surface area contributed by atoms with E-state index in [1.54, 1.807) is 19.9 Å². The number of aromatic hydroxyl groups is 2. The first kappa shape index (κ1) is 19.3. The van der Waals surface area contributed by atoms with E-state index in [9.17, 15) is 19.8 Å². The minimum atomic E-state index is -0.892. The number of carboxylic acids is 1. The highest BCUT2D eigenvalue weighted by molar-refractivity contribution is 5.97. The largest absolute Gasteiger partial charge is 0.506 e. The van der Waals surface area contributed by atoms with E-state index in [1.165, 1.54) is 7.11 Å². The van der Waals surface area contributed by atoms with Gasteiger partial charge in [-0.05, 0) is 26.7 Å². The Labute approximate surface area is 140 Å². The van der Waals surface area contributed by atoms with Gasteiger partial charge in [0, 0.05) is 17.5 Å². The van der Waals surface area contributed by atoms with E-state index in [2.05, 4.69) is 4.74 Å². The molecule has 0 radical (unpaired) electrons. The maximum atomic E-state index is 11.8. The number of ether oxygens (including phenoxy) is 2. The molecule has 0 aliphatic heterocycles. The van der Waals surface area contributed by atoms with Gasteiger partial charge in [0.2, 0.25) is 0 Å². The summed E-state index contributed by atoms with van der Waals surface area (Å²) in [5.41, 5.74) is 1.14. The summed E-state index contributed by atoms with van der Waals surface area (Å²) in [4.78, 5) is 22.4. The van der Waals surface area contributed by atoms with Crippen molar-refractivity contribution >= 4 is 11.9 Å². The van der Waals surface area contributed by atoms with Crippen molar-refractivity contribution < 1.29 is 34.4 Å². The quantitative estimate of drug-likeness (QED) is 0.517. The Morgan fingerprint density at radius 1 is 1.12 bits per heavy atom. The number of benzene rings is 1. The van der Waals surface area contributed by atoms with Crippen LogP contribution in [0.2, 0.25) is 0 Å². The van der Waals surface area contributed by atoms with Crippen molar-refractivity contribution in [1.82, 2.24) is 0 Å². The van der Waals surface area contributed by atoms with Gasteiger partial charge in [-0.3, -0.25) is 4.79 Å². The summed E-state index contributed by atoms with van der Waals surface area (Å²) >= 11 is 0. The fourth-order valence-electron chi connectivity index (χ4n) is 2.34. The lowest BCUT2D eigenvalue weighted by atomic mass is 9.97. The third kappa shape index (κ3) is 4.18. The lowest BCUT2D eigenvalue weighted by Crippen LogP contribution is -2.07. The van der Waals surface area contributed by atoms with Gasteiger partial charge in [0.15, 0.2) is 0 Å². The van der Waals surface area contributed by atoms with Crippen LogP contribution in [0.5, 0.6) is 17.2 Å². The monoisotopic (exact) mass is 338 g/mol. The number of aliphatic carboxylic acids is 1. The van der Waals surface area contributed by atoms with Gasteiger partial charge in [-0.1, -0.05) is 11.6 Å². The third-order valence-electron chi connectivity index (χ3n) is 3.71. The van der Waals surface area contributed by atoms with Gasteiger partial charge in [0.05, 0.1) is 14.2 Å². The van der Waals surface area contributed by atoms with Crippen LogP contribution in [0.25, 0.3) is 0 Å². The molecule has 0 aliphatic rings. The second-order valence-electron chi connectivity index (χ2n) is 5.35. The zero-order chi connectivity index (χ0) is 18.4. The zero-order valence-corrected chi connectivity index (χ0v) is 14.2. The maximum absolute atomic E-state index is 11.8. The molecule has 1 rings (SSSR count). The second kappa shape index (κ2) is 8.24. The molecule has 0 bridgehead atoms. The molecule has 7 heteroatoms. The number of hydrogen-bond donors (Lipinski definition) is 3. The highest BCUT2D eigenvalue weighted by Crippen LogP contribution is 2.42. The zero-order valence-electron chi connectivity index (χ0n) is 14.2. The molecule has 0 fully saturated rings. The number of allylic oxidation sites excluding steroid dienone is 2. The lowest BCUT2D eigenvalue weighted by Gasteiger charge is -2.17. The minimum Gasteiger partial charge on any atom is -0.506 e. The summed E-state index contributed by atoms with van der Waals surface area (Å²) in [6.45, 7) is 3.34. The van der Waals surface area contributed by atoms with Gasteiger partial charge < -0.3 is 24.8 Å². The van der Waals surface area contributed by atoms with Crippen LogP contribution in [0.4, 0.5) is 0 Å². The smallest absolute Gasteiger partial charge is 0.345 e. The molecule has 1 aromatic rings. The van der Waals surface area contributed by atoms with Crippen molar-refractivity contribution in [2.24, 2.45) is 0 Å². The lowest BCUT2D eigenvalue weighted by molar-refractivity contribution is -0.136. The molecule has 0 spiro atoms. The highest BCUT2D eigenvalue weighted by Gasteiger charge is 2.26. The van der Waals surface area contributed by atoms with Crippen LogP contribution in [0.1, 0.15) is 41.3 Å². The molecule has 0 atom stereocenters. The van der Waals surface area contributed by atoms with E-state index >= 15 is 0 Å². The molecule has 0 heterocycles. The molecule has 0 aliphatic carbocycles. The van der Waals surface area contributed by atoms with Crippen LogP contribution in [0.3, 0.4) is 0 Å². The molecule has 3 N–H and O–H groups in total. The number of rotatable bonds is 7. The number of esters is 1. The molecular weight excluding hydrogens is 316 g/mol. The van der Waals surface area contributed by atoms with Crippen molar-refractivity contribution in [3.05, 3.63) is 28.3 Å². The van der Waals surface area contributed by atoms with Crippen LogP contribution >= 0.6 is 0 Å². The van der Waals surface area contributed by atoms with Crippen LogP contribution in [0.15, 0.2) is 11.6 Å². The normalized spacial score (nSPS) is 11.2. The Balaban J connectivity index is 3.31. The Bertz CT molecular complexity index is 674. The predicted molar refractivity (Wildman–Crippen MR) is 86.7 cm³/mol. The molecular formula is C17H22O7. The summed E-state index contributed by atoms with van der Waals surface area (Å²) in [6.07, 6.45) is 2.34. The van der Waals surface area contributed by atoms with Crippen molar-refractivity contribution in [1.29, 1.82) is 0 Å². The van der Waals surface area contributed by atoms with Crippen molar-refractivity contribution in [2.75, 3.05) is 14.2 Å². The fraction of sp³-hybridized carbons (Fsp3) is 0.412. The van der Waals surface area contributed by atoms with E-state index in [1.807, 2.05) is 0 Å². The average Bonchev–Trinajstić information content (AvgIpc) is 2.54. The van der Waals surface area contributed by atoms with E-state index in [-0.39, 0.29) is 24.2 Å². The Morgan fingerprint density at radius 3 is 2.25 bits per heavy atom. The second-order valence-corrected chi connectivity index (χ2v) is 5.35. The number of carboxylic acid groups (broad SMARTS) is 1. The van der Waals surface area contributed by atoms with E-state index in [0.29, 0.717) is 17.5 Å².